The van der Waals surface area contributed by atoms with Crippen LogP contribution in [0.25, 0.3) is 0 Å². The molecule has 0 amide bonds. The van der Waals surface area contributed by atoms with E-state index >= 15 is 0 Å². The summed E-state index contributed by atoms with van der Waals surface area (Å²) in [6, 6.07) is 13.3. The highest BCUT2D eigenvalue weighted by molar-refractivity contribution is 9.08. The zero-order chi connectivity index (χ0) is 17.5. The van der Waals surface area contributed by atoms with Gasteiger partial charge in [-0.05, 0) is 35.2 Å². The molecule has 1 atom stereocenters. The molecule has 2 aromatic rings. The van der Waals surface area contributed by atoms with E-state index in [1.54, 1.807) is 6.07 Å². The standard InChI is InChI=1S/C19H21BrO4/c1-13-15(8-9-16(17(13)11-20)19(22)23-2)10-18(21)24-12-14-6-4-3-5-7-14/h3-9,18,21H,10-12H2,1-2H3. The van der Waals surface area contributed by atoms with Gasteiger partial charge in [-0.15, -0.1) is 0 Å². The third kappa shape index (κ3) is 4.66. The van der Waals surface area contributed by atoms with Crippen molar-refractivity contribution in [3.8, 4) is 0 Å². The van der Waals surface area contributed by atoms with Gasteiger partial charge in [-0.25, -0.2) is 4.79 Å². The van der Waals surface area contributed by atoms with Gasteiger partial charge in [0.1, 0.15) is 0 Å². The number of hydrogen-bond acceptors (Lipinski definition) is 4. The average molecular weight is 393 g/mol. The Hall–Kier alpha value is -1.69. The monoisotopic (exact) mass is 392 g/mol. The van der Waals surface area contributed by atoms with E-state index < -0.39 is 6.29 Å². The molecular formula is C19H21BrO4. The smallest absolute Gasteiger partial charge is 0.338 e. The van der Waals surface area contributed by atoms with Crippen molar-refractivity contribution in [1.29, 1.82) is 0 Å². The van der Waals surface area contributed by atoms with Gasteiger partial charge >= 0.3 is 5.97 Å². The number of carbonyl (C=O) groups is 1. The summed E-state index contributed by atoms with van der Waals surface area (Å²) < 4.78 is 10.3. The maximum atomic E-state index is 11.8. The molecule has 0 aliphatic rings. The fourth-order valence-corrected chi connectivity index (χ4v) is 3.24. The first-order valence-corrected chi connectivity index (χ1v) is 8.78. The van der Waals surface area contributed by atoms with Crippen LogP contribution in [0.2, 0.25) is 0 Å². The van der Waals surface area contributed by atoms with Crippen LogP contribution in [0.5, 0.6) is 0 Å². The van der Waals surface area contributed by atoms with E-state index in [9.17, 15) is 9.90 Å². The van der Waals surface area contributed by atoms with Gasteiger partial charge in [0.2, 0.25) is 0 Å². The number of benzene rings is 2. The minimum atomic E-state index is -0.906. The SMILES string of the molecule is COC(=O)c1ccc(CC(O)OCc2ccccc2)c(C)c1CBr. The van der Waals surface area contributed by atoms with Crippen LogP contribution in [0.3, 0.4) is 0 Å². The highest BCUT2D eigenvalue weighted by atomic mass is 79.9. The zero-order valence-corrected chi connectivity index (χ0v) is 15.4. The Morgan fingerprint density at radius 1 is 1.21 bits per heavy atom. The Balaban J connectivity index is 2.07. The second kappa shape index (κ2) is 8.97. The summed E-state index contributed by atoms with van der Waals surface area (Å²) in [5.74, 6) is -0.361. The minimum absolute atomic E-state index is 0.354. The highest BCUT2D eigenvalue weighted by Gasteiger charge is 2.17. The number of alkyl halides is 1. The quantitative estimate of drug-likeness (QED) is 0.442. The second-order valence-electron chi connectivity index (χ2n) is 5.46. The predicted octanol–water partition coefficient (Wildman–Crippen LogP) is 3.75. The van der Waals surface area contributed by atoms with Crippen LogP contribution in [-0.4, -0.2) is 24.5 Å². The van der Waals surface area contributed by atoms with Crippen molar-refractivity contribution >= 4 is 21.9 Å². The summed E-state index contributed by atoms with van der Waals surface area (Å²) in [5, 5.41) is 10.7. The third-order valence-corrected chi connectivity index (χ3v) is 4.49. The van der Waals surface area contributed by atoms with E-state index in [2.05, 4.69) is 15.9 Å². The Bertz CT molecular complexity index is 685. The molecule has 0 aliphatic carbocycles. The van der Waals surface area contributed by atoms with Crippen molar-refractivity contribution in [2.75, 3.05) is 7.11 Å². The van der Waals surface area contributed by atoms with Gasteiger partial charge in [0.25, 0.3) is 0 Å². The molecule has 24 heavy (non-hydrogen) atoms. The van der Waals surface area contributed by atoms with Crippen LogP contribution in [0.1, 0.15) is 32.6 Å². The molecule has 4 nitrogen and oxygen atoms in total. The predicted molar refractivity (Wildman–Crippen MR) is 96.1 cm³/mol. The largest absolute Gasteiger partial charge is 0.465 e. The van der Waals surface area contributed by atoms with E-state index in [1.165, 1.54) is 7.11 Å². The topological polar surface area (TPSA) is 55.8 Å². The molecule has 2 rings (SSSR count). The molecule has 0 aliphatic heterocycles. The number of aliphatic hydroxyl groups excluding tert-OH is 1. The average Bonchev–Trinajstić information content (AvgIpc) is 2.61. The van der Waals surface area contributed by atoms with Crippen LogP contribution in [0, 0.1) is 6.92 Å². The number of carbonyl (C=O) groups excluding carboxylic acids is 1. The van der Waals surface area contributed by atoms with E-state index in [4.69, 9.17) is 9.47 Å². The van der Waals surface area contributed by atoms with Crippen LogP contribution < -0.4 is 0 Å². The van der Waals surface area contributed by atoms with Crippen LogP contribution in [0.15, 0.2) is 42.5 Å². The Labute approximate surface area is 150 Å². The molecule has 1 unspecified atom stereocenters. The number of hydrogen-bond donors (Lipinski definition) is 1. The van der Waals surface area contributed by atoms with Gasteiger partial charge in [-0.1, -0.05) is 52.3 Å². The van der Waals surface area contributed by atoms with Crippen molar-refractivity contribution in [3.05, 3.63) is 70.3 Å². The molecule has 0 radical (unpaired) electrons. The lowest BCUT2D eigenvalue weighted by atomic mass is 9.96. The van der Waals surface area contributed by atoms with Crippen molar-refractivity contribution in [2.24, 2.45) is 0 Å². The van der Waals surface area contributed by atoms with Crippen LogP contribution >= 0.6 is 15.9 Å². The van der Waals surface area contributed by atoms with Gasteiger partial charge in [-0.2, -0.15) is 0 Å². The molecule has 0 heterocycles. The summed E-state index contributed by atoms with van der Waals surface area (Å²) in [5.41, 5.74) is 4.31. The molecular weight excluding hydrogens is 372 g/mol. The molecule has 128 valence electrons. The maximum Gasteiger partial charge on any atom is 0.338 e. The molecule has 2 aromatic carbocycles. The summed E-state index contributed by atoms with van der Waals surface area (Å²) >= 11 is 3.42. The van der Waals surface area contributed by atoms with E-state index in [0.717, 1.165) is 22.3 Å². The number of methoxy groups -OCH3 is 1. The van der Waals surface area contributed by atoms with E-state index in [-0.39, 0.29) is 5.97 Å². The fourth-order valence-electron chi connectivity index (χ4n) is 2.51. The number of esters is 1. The lowest BCUT2D eigenvalue weighted by Gasteiger charge is -2.17. The van der Waals surface area contributed by atoms with Gasteiger partial charge < -0.3 is 14.6 Å². The van der Waals surface area contributed by atoms with Gasteiger partial charge in [0, 0.05) is 11.8 Å². The maximum absolute atomic E-state index is 11.8. The summed E-state index contributed by atoms with van der Waals surface area (Å²) in [6.45, 7) is 2.29. The first-order chi connectivity index (χ1) is 11.6. The lowest BCUT2D eigenvalue weighted by molar-refractivity contribution is -0.106. The fraction of sp³-hybridized carbons (Fsp3) is 0.316. The molecule has 0 bridgehead atoms. The van der Waals surface area contributed by atoms with Crippen molar-refractivity contribution in [1.82, 2.24) is 0 Å². The number of halogens is 1. The molecule has 0 spiro atoms. The normalized spacial score (nSPS) is 12.0. The Morgan fingerprint density at radius 2 is 1.92 bits per heavy atom. The first kappa shape index (κ1) is 18.6. The molecule has 0 saturated carbocycles. The number of aliphatic hydroxyl groups is 1. The number of rotatable bonds is 7. The van der Waals surface area contributed by atoms with Crippen molar-refractivity contribution in [2.45, 2.75) is 31.6 Å². The highest BCUT2D eigenvalue weighted by Crippen LogP contribution is 2.23. The van der Waals surface area contributed by atoms with E-state index in [1.807, 2.05) is 43.3 Å². The van der Waals surface area contributed by atoms with Gasteiger partial charge in [0.15, 0.2) is 6.29 Å². The van der Waals surface area contributed by atoms with Crippen LogP contribution in [-0.2, 0) is 27.8 Å². The molecule has 0 saturated heterocycles. The van der Waals surface area contributed by atoms with Crippen molar-refractivity contribution < 1.29 is 19.4 Å². The zero-order valence-electron chi connectivity index (χ0n) is 13.8. The second-order valence-corrected chi connectivity index (χ2v) is 6.02. The molecule has 1 N–H and O–H groups in total. The lowest BCUT2D eigenvalue weighted by Crippen LogP contribution is -2.17. The molecule has 0 fully saturated rings. The summed E-state index contributed by atoms with van der Waals surface area (Å²) in [7, 11) is 1.37. The van der Waals surface area contributed by atoms with Gasteiger partial charge in [-0.3, -0.25) is 0 Å². The Kier molecular flexibility index (Phi) is 6.97. The molecule has 0 aromatic heterocycles. The Morgan fingerprint density at radius 3 is 2.54 bits per heavy atom. The number of ether oxygens (including phenoxy) is 2. The van der Waals surface area contributed by atoms with Crippen LogP contribution in [0.4, 0.5) is 0 Å². The summed E-state index contributed by atoms with van der Waals surface area (Å²) in [6.07, 6.45) is -0.545. The third-order valence-electron chi connectivity index (χ3n) is 3.93. The van der Waals surface area contributed by atoms with Crippen molar-refractivity contribution in [3.63, 3.8) is 0 Å². The van der Waals surface area contributed by atoms with E-state index in [0.29, 0.717) is 23.9 Å². The first-order valence-electron chi connectivity index (χ1n) is 7.66. The van der Waals surface area contributed by atoms with Gasteiger partial charge in [0.05, 0.1) is 19.3 Å². The summed E-state index contributed by atoms with van der Waals surface area (Å²) in [4.78, 5) is 11.8. The minimum Gasteiger partial charge on any atom is -0.465 e. The molecule has 5 heteroatoms.